The number of nitrogens with two attached hydrogens (primary N) is 2. The highest BCUT2D eigenvalue weighted by Crippen LogP contribution is 2.49. The predicted molar refractivity (Wildman–Crippen MR) is 427 cm³/mol. The van der Waals surface area contributed by atoms with E-state index < -0.39 is 58.6 Å². The highest BCUT2D eigenvalue weighted by molar-refractivity contribution is 7.89. The van der Waals surface area contributed by atoms with Crippen LogP contribution in [0.2, 0.25) is 0 Å². The predicted octanol–water partition coefficient (Wildman–Crippen LogP) is 5.35. The second kappa shape index (κ2) is 35.3. The normalized spacial score (nSPS) is 22.4. The van der Waals surface area contributed by atoms with E-state index in [1.54, 1.807) is 24.3 Å². The maximum Gasteiger partial charge on any atom is 0.272 e. The molecule has 596 valence electrons. The Morgan fingerprint density at radius 3 is 1.55 bits per heavy atom. The van der Waals surface area contributed by atoms with Crippen LogP contribution in [0.25, 0.3) is 0 Å². The van der Waals surface area contributed by atoms with E-state index in [4.69, 9.17) is 11.5 Å². The number of nitrogens with zero attached hydrogens (tertiary/aromatic N) is 8. The number of unbranched alkanes of at least 4 members (excludes halogenated alkanes) is 1. The Bertz CT molecular complexity index is 4560. The summed E-state index contributed by atoms with van der Waals surface area (Å²) in [6, 6.07) is 25.9. The van der Waals surface area contributed by atoms with E-state index in [2.05, 4.69) is 53.8 Å². The summed E-state index contributed by atoms with van der Waals surface area (Å²) in [5.74, 6) is -2.21. The monoisotopic (exact) mass is 1570 g/mol. The van der Waals surface area contributed by atoms with Crippen molar-refractivity contribution >= 4 is 88.3 Å². The molecule has 0 aliphatic carbocycles. The third kappa shape index (κ3) is 20.8. The molecule has 8 aliphatic heterocycles. The number of amides is 5. The Labute approximate surface area is 650 Å². The van der Waals surface area contributed by atoms with Crippen LogP contribution in [-0.2, 0) is 89.0 Å². The summed E-state index contributed by atoms with van der Waals surface area (Å²) < 4.78 is 98.3. The van der Waals surface area contributed by atoms with Gasteiger partial charge in [-0.3, -0.25) is 33.3 Å². The van der Waals surface area contributed by atoms with Gasteiger partial charge in [0.05, 0.1) is 47.1 Å². The summed E-state index contributed by atoms with van der Waals surface area (Å²) in [7, 11) is -9.37. The SMILES string of the molecule is CCCCN1C(=CC=CC=CC=CC2=[N+](CCCS(=O)(=O)O)c3ccc(S(=O)(=O)N(C)CCCC(=O)NCC(=O)Nc4ccc(CC[N+]56CC[N+](CC(N)=O)(CC5)CC6)cc4)cc3C2(C)C)C(C)(C)c2cc(S(=O)(=O)N(C)CCCC(=O)NCC(=O)Cc3ccc(CC[N+]45CC[N+](CC(N)=O)(CC4)CC5)cc3)ccc21. The first-order chi connectivity index (χ1) is 52.0. The number of hydrogen-bond acceptors (Lipinski definition) is 13. The van der Waals surface area contributed by atoms with Crippen LogP contribution in [-0.4, -0.2) is 266 Å². The number of carbonyl (C=O) groups excluding carboxylic acids is 6. The molecule has 110 heavy (non-hydrogen) atoms. The average Bonchev–Trinajstić information content (AvgIpc) is 1.57. The lowest BCUT2D eigenvalue weighted by Crippen LogP contribution is -2.76. The van der Waals surface area contributed by atoms with Crippen molar-refractivity contribution in [2.75, 3.05) is 174 Å². The second-order valence-electron chi connectivity index (χ2n) is 32.4. The number of ketones is 1. The summed E-state index contributed by atoms with van der Waals surface area (Å²) in [5.41, 5.74) is 18.5. The van der Waals surface area contributed by atoms with Crippen LogP contribution in [0.4, 0.5) is 17.1 Å². The van der Waals surface area contributed by atoms with Crippen LogP contribution in [0.5, 0.6) is 0 Å². The van der Waals surface area contributed by atoms with Crippen molar-refractivity contribution in [3.8, 4) is 0 Å². The molecule has 6 saturated heterocycles. The van der Waals surface area contributed by atoms with Crippen LogP contribution in [0.15, 0.2) is 143 Å². The first-order valence-electron chi connectivity index (χ1n) is 38.8. The summed E-state index contributed by atoms with van der Waals surface area (Å²) in [6.07, 6.45) is 17.7. The highest BCUT2D eigenvalue weighted by Gasteiger charge is 2.51. The maximum atomic E-state index is 14.2. The molecule has 4 bridgehead atoms. The smallest absolute Gasteiger partial charge is 0.272 e. The molecule has 8 N–H and O–H groups in total. The van der Waals surface area contributed by atoms with Crippen LogP contribution in [0.3, 0.4) is 0 Å². The summed E-state index contributed by atoms with van der Waals surface area (Å²) in [4.78, 5) is 77.5. The number of quaternary nitrogens is 4. The molecule has 4 aromatic carbocycles. The first-order valence-corrected chi connectivity index (χ1v) is 43.3. The molecule has 8 heterocycles. The van der Waals surface area contributed by atoms with Crippen molar-refractivity contribution in [2.45, 2.75) is 119 Å². The number of Topliss-reactive ketones (excluding diaryl/α,β-unsaturated/α-hetero) is 1. The Hall–Kier alpha value is -8.10. The van der Waals surface area contributed by atoms with Gasteiger partial charge in [-0.25, -0.2) is 25.4 Å². The molecule has 6 fully saturated rings. The zero-order valence-electron chi connectivity index (χ0n) is 65.3. The van der Waals surface area contributed by atoms with Crippen LogP contribution in [0, 0.1) is 0 Å². The van der Waals surface area contributed by atoms with E-state index in [-0.39, 0.29) is 105 Å². The minimum atomic E-state index is -4.28. The van der Waals surface area contributed by atoms with Gasteiger partial charge in [0.1, 0.15) is 85.1 Å². The first kappa shape index (κ1) is 84.4. The highest BCUT2D eigenvalue weighted by atomic mass is 32.2. The van der Waals surface area contributed by atoms with Crippen LogP contribution >= 0.6 is 0 Å². The zero-order valence-corrected chi connectivity index (χ0v) is 67.7. The number of piperazine rings is 6. The third-order valence-corrected chi connectivity index (χ3v) is 28.5. The van der Waals surface area contributed by atoms with E-state index in [9.17, 15) is 58.6 Å². The average molecular weight is 1580 g/mol. The summed E-state index contributed by atoms with van der Waals surface area (Å²) in [6.45, 7) is 25.8. The van der Waals surface area contributed by atoms with Crippen molar-refractivity contribution in [2.24, 2.45) is 11.5 Å². The van der Waals surface area contributed by atoms with Crippen molar-refractivity contribution in [1.29, 1.82) is 0 Å². The van der Waals surface area contributed by atoms with Gasteiger partial charge in [-0.05, 0) is 104 Å². The van der Waals surface area contributed by atoms with Gasteiger partial charge in [0.2, 0.25) is 43.5 Å². The summed E-state index contributed by atoms with van der Waals surface area (Å²) >= 11 is 0. The number of primary amides is 2. The molecule has 8 aliphatic rings. The number of sulfonamides is 2. The lowest BCUT2D eigenvalue weighted by atomic mass is 9.81. The molecular weight excluding hydrogens is 1460 g/mol. The number of benzene rings is 4. The number of nitrogens with one attached hydrogen (secondary N) is 3. The van der Waals surface area contributed by atoms with Crippen molar-refractivity contribution < 1.29 is 81.1 Å². The number of carbonyl (C=O) groups is 6. The molecule has 4 aromatic rings. The molecule has 0 saturated carbocycles. The third-order valence-electron chi connectivity index (χ3n) is 24.0. The zero-order chi connectivity index (χ0) is 79.5. The van der Waals surface area contributed by atoms with Gasteiger partial charge in [0.25, 0.3) is 21.9 Å². The minimum absolute atomic E-state index is 0.0172. The van der Waals surface area contributed by atoms with Gasteiger partial charge in [0, 0.05) is 112 Å². The van der Waals surface area contributed by atoms with E-state index in [1.165, 1.54) is 34.3 Å². The van der Waals surface area contributed by atoms with Gasteiger partial charge < -0.3 is 50.2 Å². The molecule has 5 amide bonds. The van der Waals surface area contributed by atoms with Gasteiger partial charge >= 0.3 is 0 Å². The topological polar surface area (TPSA) is 326 Å². The van der Waals surface area contributed by atoms with E-state index in [1.807, 2.05) is 103 Å². The largest absolute Gasteiger partial charge is 0.365 e. The standard InChI is InChI=1S/C81H111N13O13S3/c1-8-9-38-89-71-32-30-67(109(104,105)87(6)36-15-20-77(98)84-58-66(95)55-64-24-22-62(23-25-64)34-40-91-42-48-93(49-43-91,50-44-91)60-75(82)96)56-69(71)80(2,3)73(89)18-13-11-10-12-14-19-74-81(4,5)70-57-68(31-33-72(70)90(74)39-17-54-108(101,102)103)110(106,107)88(7)37-16-21-78(99)85-59-79(100)86-65-28-26-63(27-29-65)35-41-92-45-51-94(52-46-92,53-47-92)61-76(83)97/h10-14,18-19,22-33,56-57H,8-9,15-17,20-21,34-55,58-61H2,1-7H3,(H3-5,82,83,84,85,86,96,97,98,99,100,101,102,103)/p+5. The molecule has 0 unspecified atom stereocenters. The maximum absolute atomic E-state index is 14.2. The lowest BCUT2D eigenvalue weighted by Gasteiger charge is -2.55. The van der Waals surface area contributed by atoms with E-state index in [0.29, 0.717) is 36.6 Å². The molecular formula is C81H116N13O13S3+5. The molecule has 29 heteroatoms. The van der Waals surface area contributed by atoms with Crippen molar-refractivity contribution in [1.82, 2.24) is 19.2 Å². The Morgan fingerprint density at radius 1 is 0.564 bits per heavy atom. The molecule has 12 rings (SSSR count). The fraction of sp³-hybridized carbons (Fsp3) is 0.519. The number of rotatable bonds is 40. The second-order valence-corrected chi connectivity index (χ2v) is 38.1. The molecule has 0 spiro atoms. The van der Waals surface area contributed by atoms with Crippen LogP contribution in [0.1, 0.15) is 107 Å². The van der Waals surface area contributed by atoms with Gasteiger partial charge in [-0.2, -0.15) is 13.0 Å². The fourth-order valence-electron chi connectivity index (χ4n) is 16.9. The Balaban J connectivity index is 0.679. The Morgan fingerprint density at radius 2 is 1.04 bits per heavy atom. The van der Waals surface area contributed by atoms with Gasteiger partial charge in [0.15, 0.2) is 24.6 Å². The van der Waals surface area contributed by atoms with Crippen LogP contribution < -0.4 is 32.3 Å². The lowest BCUT2D eigenvalue weighted by molar-refractivity contribution is -1.08. The molecule has 26 nitrogen and oxygen atoms in total. The van der Waals surface area contributed by atoms with E-state index in [0.717, 1.165) is 169 Å². The fourth-order valence-corrected chi connectivity index (χ4v) is 19.9. The quantitative estimate of drug-likeness (QED) is 0.0142. The molecule has 0 radical (unpaired) electrons. The minimum Gasteiger partial charge on any atom is -0.365 e. The number of anilines is 2. The summed E-state index contributed by atoms with van der Waals surface area (Å²) in [5, 5.41) is 8.19. The number of fused-ring (bicyclic) bond motifs is 8. The van der Waals surface area contributed by atoms with Crippen molar-refractivity contribution in [3.05, 3.63) is 161 Å². The van der Waals surface area contributed by atoms with Gasteiger partial charge in [-0.1, -0.05) is 94.0 Å². The van der Waals surface area contributed by atoms with Crippen molar-refractivity contribution in [3.63, 3.8) is 0 Å². The number of allylic oxidation sites excluding steroid dienone is 8. The number of hydrogen-bond donors (Lipinski definition) is 6. The Kier molecular flexibility index (Phi) is 27.1. The van der Waals surface area contributed by atoms with E-state index >= 15 is 0 Å². The molecule has 0 atom stereocenters. The molecule has 0 aromatic heterocycles. The van der Waals surface area contributed by atoms with Gasteiger partial charge in [-0.15, -0.1) is 0 Å².